The molecule has 0 saturated carbocycles. The van der Waals surface area contributed by atoms with Gasteiger partial charge in [-0.2, -0.15) is 0 Å². The van der Waals surface area contributed by atoms with Crippen LogP contribution in [0.1, 0.15) is 45.8 Å². The van der Waals surface area contributed by atoms with Crippen molar-refractivity contribution in [3.05, 3.63) is 70.4 Å². The maximum atomic E-state index is 13.7. The van der Waals surface area contributed by atoms with E-state index in [1.54, 1.807) is 19.1 Å². The second kappa shape index (κ2) is 6.07. The van der Waals surface area contributed by atoms with E-state index in [-0.39, 0.29) is 17.8 Å². The molecular weight excluding hydrogens is 305 g/mol. The molecule has 0 aliphatic rings. The fourth-order valence-corrected chi connectivity index (χ4v) is 2.81. The Bertz CT molecular complexity index is 930. The predicted octanol–water partition coefficient (Wildman–Crippen LogP) is 3.89. The summed E-state index contributed by atoms with van der Waals surface area (Å²) in [4.78, 5) is 17.1. The SMILES string of the molecule is Cc1cc(C)n2ccc(C(=O)NC(C)c3ccc(C)c(F)c3)c2n1. The number of hydrogen-bond donors (Lipinski definition) is 1. The Morgan fingerprint density at radius 3 is 2.67 bits per heavy atom. The van der Waals surface area contributed by atoms with Gasteiger partial charge in [-0.15, -0.1) is 0 Å². The van der Waals surface area contributed by atoms with Crippen LogP contribution in [-0.2, 0) is 0 Å². The molecule has 1 amide bonds. The van der Waals surface area contributed by atoms with Crippen LogP contribution in [0.4, 0.5) is 4.39 Å². The average Bonchev–Trinajstić information content (AvgIpc) is 2.94. The third-order valence-electron chi connectivity index (χ3n) is 4.23. The van der Waals surface area contributed by atoms with Gasteiger partial charge in [-0.3, -0.25) is 4.79 Å². The molecule has 3 aromatic rings. The van der Waals surface area contributed by atoms with Crippen LogP contribution in [0.5, 0.6) is 0 Å². The molecule has 1 atom stereocenters. The van der Waals surface area contributed by atoms with E-state index in [0.29, 0.717) is 16.8 Å². The van der Waals surface area contributed by atoms with Crippen molar-refractivity contribution in [1.29, 1.82) is 0 Å². The Kier molecular flexibility index (Phi) is 4.09. The predicted molar refractivity (Wildman–Crippen MR) is 91.7 cm³/mol. The first-order valence-corrected chi connectivity index (χ1v) is 7.89. The molecule has 0 spiro atoms. The van der Waals surface area contributed by atoms with Crippen LogP contribution in [0, 0.1) is 26.6 Å². The second-order valence-electron chi connectivity index (χ2n) is 6.17. The van der Waals surface area contributed by atoms with Crippen LogP contribution in [0.2, 0.25) is 0 Å². The molecule has 4 nitrogen and oxygen atoms in total. The third-order valence-corrected chi connectivity index (χ3v) is 4.23. The van der Waals surface area contributed by atoms with Crippen LogP contribution in [0.25, 0.3) is 5.65 Å². The van der Waals surface area contributed by atoms with Crippen molar-refractivity contribution in [2.75, 3.05) is 0 Å². The molecule has 0 aliphatic carbocycles. The van der Waals surface area contributed by atoms with Gasteiger partial charge in [0.15, 0.2) is 0 Å². The number of hydrogen-bond acceptors (Lipinski definition) is 2. The topological polar surface area (TPSA) is 46.4 Å². The van der Waals surface area contributed by atoms with Gasteiger partial charge in [0, 0.05) is 17.6 Å². The van der Waals surface area contributed by atoms with E-state index in [4.69, 9.17) is 0 Å². The molecule has 0 radical (unpaired) electrons. The van der Waals surface area contributed by atoms with Gasteiger partial charge in [0.2, 0.25) is 0 Å². The number of carbonyl (C=O) groups excluding carboxylic acids is 1. The number of halogens is 1. The summed E-state index contributed by atoms with van der Waals surface area (Å²) in [6.45, 7) is 7.43. The first-order chi connectivity index (χ1) is 11.4. The Balaban J connectivity index is 1.88. The quantitative estimate of drug-likeness (QED) is 0.794. The highest BCUT2D eigenvalue weighted by molar-refractivity contribution is 6.00. The van der Waals surface area contributed by atoms with Crippen molar-refractivity contribution < 1.29 is 9.18 Å². The minimum atomic E-state index is -0.298. The van der Waals surface area contributed by atoms with E-state index >= 15 is 0 Å². The molecule has 0 fully saturated rings. The summed E-state index contributed by atoms with van der Waals surface area (Å²) in [6.07, 6.45) is 1.84. The zero-order valence-corrected chi connectivity index (χ0v) is 14.2. The summed E-state index contributed by atoms with van der Waals surface area (Å²) in [5.74, 6) is -0.487. The van der Waals surface area contributed by atoms with E-state index in [1.807, 2.05) is 43.5 Å². The number of fused-ring (bicyclic) bond motifs is 1. The molecule has 2 heterocycles. The molecule has 1 unspecified atom stereocenters. The van der Waals surface area contributed by atoms with Crippen molar-refractivity contribution in [2.24, 2.45) is 0 Å². The normalized spacial score (nSPS) is 12.4. The highest BCUT2D eigenvalue weighted by Gasteiger charge is 2.17. The van der Waals surface area contributed by atoms with Crippen molar-refractivity contribution >= 4 is 11.6 Å². The smallest absolute Gasteiger partial charge is 0.255 e. The molecule has 24 heavy (non-hydrogen) atoms. The van der Waals surface area contributed by atoms with Crippen molar-refractivity contribution in [2.45, 2.75) is 33.7 Å². The number of carbonyl (C=O) groups is 1. The molecule has 0 saturated heterocycles. The van der Waals surface area contributed by atoms with Crippen LogP contribution >= 0.6 is 0 Å². The van der Waals surface area contributed by atoms with Gasteiger partial charge in [-0.1, -0.05) is 12.1 Å². The average molecular weight is 325 g/mol. The first kappa shape index (κ1) is 16.2. The molecule has 3 rings (SSSR count). The van der Waals surface area contributed by atoms with Crippen LogP contribution < -0.4 is 5.32 Å². The highest BCUT2D eigenvalue weighted by Crippen LogP contribution is 2.19. The van der Waals surface area contributed by atoms with Gasteiger partial charge in [0.25, 0.3) is 5.91 Å². The maximum Gasteiger partial charge on any atom is 0.255 e. The Labute approximate surface area is 140 Å². The zero-order valence-electron chi connectivity index (χ0n) is 14.2. The largest absolute Gasteiger partial charge is 0.345 e. The molecule has 1 N–H and O–H groups in total. The van der Waals surface area contributed by atoms with E-state index in [0.717, 1.165) is 17.0 Å². The molecule has 1 aromatic carbocycles. The number of benzene rings is 1. The molecular formula is C19H20FN3O. The van der Waals surface area contributed by atoms with Crippen molar-refractivity contribution in [3.63, 3.8) is 0 Å². The van der Waals surface area contributed by atoms with Crippen LogP contribution in [-0.4, -0.2) is 15.3 Å². The van der Waals surface area contributed by atoms with E-state index in [2.05, 4.69) is 10.3 Å². The van der Waals surface area contributed by atoms with E-state index in [9.17, 15) is 9.18 Å². The lowest BCUT2D eigenvalue weighted by Gasteiger charge is -2.15. The fraction of sp³-hybridized carbons (Fsp3) is 0.263. The lowest BCUT2D eigenvalue weighted by atomic mass is 10.1. The number of aromatic nitrogens is 2. The Morgan fingerprint density at radius 2 is 1.96 bits per heavy atom. The highest BCUT2D eigenvalue weighted by atomic mass is 19.1. The summed E-state index contributed by atoms with van der Waals surface area (Å²) in [7, 11) is 0. The molecule has 0 aliphatic heterocycles. The monoisotopic (exact) mass is 325 g/mol. The molecule has 2 aromatic heterocycles. The maximum absolute atomic E-state index is 13.7. The van der Waals surface area contributed by atoms with Gasteiger partial charge in [0.1, 0.15) is 11.5 Å². The summed E-state index contributed by atoms with van der Waals surface area (Å²) in [5.41, 5.74) is 4.35. The third kappa shape index (κ3) is 2.89. The van der Waals surface area contributed by atoms with Crippen LogP contribution in [0.15, 0.2) is 36.5 Å². The Morgan fingerprint density at radius 1 is 1.21 bits per heavy atom. The zero-order chi connectivity index (χ0) is 17.4. The van der Waals surface area contributed by atoms with Crippen molar-refractivity contribution in [1.82, 2.24) is 14.7 Å². The van der Waals surface area contributed by atoms with Gasteiger partial charge in [-0.25, -0.2) is 9.37 Å². The van der Waals surface area contributed by atoms with Gasteiger partial charge >= 0.3 is 0 Å². The Hall–Kier alpha value is -2.69. The number of amides is 1. The van der Waals surface area contributed by atoms with Gasteiger partial charge in [-0.05, 0) is 57.0 Å². The fourth-order valence-electron chi connectivity index (χ4n) is 2.81. The number of nitrogens with zero attached hydrogens (tertiary/aromatic N) is 2. The van der Waals surface area contributed by atoms with Gasteiger partial charge in [0.05, 0.1) is 11.6 Å². The minimum Gasteiger partial charge on any atom is -0.345 e. The molecule has 0 bridgehead atoms. The number of nitrogens with one attached hydrogen (secondary N) is 1. The summed E-state index contributed by atoms with van der Waals surface area (Å²) in [5, 5.41) is 2.92. The standard InChI is InChI=1S/C19H20FN3O/c1-11-5-6-15(10-17(11)20)14(4)22-19(24)16-7-8-23-13(3)9-12(2)21-18(16)23/h5-10,14H,1-4H3,(H,22,24). The van der Waals surface area contributed by atoms with Crippen molar-refractivity contribution in [3.8, 4) is 0 Å². The van der Waals surface area contributed by atoms with Crippen LogP contribution in [0.3, 0.4) is 0 Å². The van der Waals surface area contributed by atoms with E-state index < -0.39 is 0 Å². The lowest BCUT2D eigenvalue weighted by molar-refractivity contribution is 0.0941. The lowest BCUT2D eigenvalue weighted by Crippen LogP contribution is -2.26. The second-order valence-corrected chi connectivity index (χ2v) is 6.17. The van der Waals surface area contributed by atoms with Gasteiger partial charge < -0.3 is 9.72 Å². The summed E-state index contributed by atoms with van der Waals surface area (Å²) in [6, 6.07) is 8.43. The molecule has 5 heteroatoms. The van der Waals surface area contributed by atoms with E-state index in [1.165, 1.54) is 6.07 Å². The first-order valence-electron chi connectivity index (χ1n) is 7.89. The summed E-state index contributed by atoms with van der Waals surface area (Å²) < 4.78 is 15.6. The summed E-state index contributed by atoms with van der Waals surface area (Å²) >= 11 is 0. The number of aryl methyl sites for hydroxylation is 3. The number of rotatable bonds is 3. The minimum absolute atomic E-state index is 0.219. The molecule has 124 valence electrons.